The number of aryl methyl sites for hydroxylation is 1. The number of carbonyl (C=O) groups is 2. The van der Waals surface area contributed by atoms with Gasteiger partial charge in [-0.1, -0.05) is 30.3 Å². The fourth-order valence-electron chi connectivity index (χ4n) is 3.83. The van der Waals surface area contributed by atoms with Crippen molar-refractivity contribution in [3.05, 3.63) is 70.3 Å². The molecule has 2 heterocycles. The number of rotatable bonds is 5. The Balaban J connectivity index is 1.59. The van der Waals surface area contributed by atoms with E-state index in [-0.39, 0.29) is 36.5 Å². The van der Waals surface area contributed by atoms with Gasteiger partial charge in [0.2, 0.25) is 11.8 Å². The van der Waals surface area contributed by atoms with Gasteiger partial charge in [0, 0.05) is 18.2 Å². The van der Waals surface area contributed by atoms with Gasteiger partial charge in [-0.3, -0.25) is 14.4 Å². The van der Waals surface area contributed by atoms with Gasteiger partial charge in [0.25, 0.3) is 5.56 Å². The summed E-state index contributed by atoms with van der Waals surface area (Å²) in [6, 6.07) is 14.7. The van der Waals surface area contributed by atoms with Crippen LogP contribution in [0.3, 0.4) is 0 Å². The van der Waals surface area contributed by atoms with Crippen LogP contribution in [0, 0.1) is 0 Å². The van der Waals surface area contributed by atoms with E-state index in [1.807, 2.05) is 44.2 Å². The van der Waals surface area contributed by atoms with E-state index in [4.69, 9.17) is 0 Å². The minimum Gasteiger partial charge on any atom is -0.331 e. The molecule has 0 bridgehead atoms. The number of H-pyrrole nitrogens is 1. The van der Waals surface area contributed by atoms with Gasteiger partial charge in [-0.25, -0.2) is 4.98 Å². The number of anilines is 1. The number of hydrogen-bond acceptors (Lipinski definition) is 4. The van der Waals surface area contributed by atoms with Gasteiger partial charge in [-0.15, -0.1) is 0 Å². The highest BCUT2D eigenvalue weighted by Crippen LogP contribution is 2.27. The Labute approximate surface area is 174 Å². The molecule has 154 valence electrons. The summed E-state index contributed by atoms with van der Waals surface area (Å²) in [4.78, 5) is 48.6. The van der Waals surface area contributed by atoms with E-state index >= 15 is 0 Å². The van der Waals surface area contributed by atoms with Gasteiger partial charge >= 0.3 is 0 Å². The highest BCUT2D eigenvalue weighted by molar-refractivity contribution is 6.01. The summed E-state index contributed by atoms with van der Waals surface area (Å²) in [7, 11) is 0. The van der Waals surface area contributed by atoms with Crippen molar-refractivity contribution in [3.8, 4) is 0 Å². The maximum absolute atomic E-state index is 13.2. The number of carbonyl (C=O) groups excluding carboxylic acids is 2. The quantitative estimate of drug-likeness (QED) is 0.708. The zero-order valence-electron chi connectivity index (χ0n) is 17.1. The molecule has 0 radical (unpaired) electrons. The van der Waals surface area contributed by atoms with E-state index in [0.29, 0.717) is 29.6 Å². The number of para-hydroxylation sites is 2. The highest BCUT2D eigenvalue weighted by atomic mass is 16.2. The third kappa shape index (κ3) is 3.83. The number of amides is 2. The van der Waals surface area contributed by atoms with Crippen LogP contribution in [-0.2, 0) is 22.6 Å². The third-order valence-electron chi connectivity index (χ3n) is 5.41. The monoisotopic (exact) mass is 404 g/mol. The molecule has 0 aliphatic carbocycles. The molecule has 1 N–H and O–H groups in total. The standard InChI is InChI=1S/C23H24N4O3/c1-15(2)26(13-20-24-18-9-5-4-8-17(18)23(30)25-20)22(29)14-27-19-10-6-3-7-16(19)11-12-21(27)28/h3-10,15H,11-14H2,1-2H3,(H,24,25,30). The topological polar surface area (TPSA) is 86.4 Å². The maximum Gasteiger partial charge on any atom is 0.258 e. The van der Waals surface area contributed by atoms with Gasteiger partial charge in [-0.05, 0) is 44.0 Å². The number of hydrogen-bond donors (Lipinski definition) is 1. The molecule has 0 atom stereocenters. The average molecular weight is 404 g/mol. The zero-order valence-corrected chi connectivity index (χ0v) is 17.1. The van der Waals surface area contributed by atoms with E-state index < -0.39 is 0 Å². The smallest absolute Gasteiger partial charge is 0.258 e. The van der Waals surface area contributed by atoms with Crippen molar-refractivity contribution < 1.29 is 9.59 Å². The summed E-state index contributed by atoms with van der Waals surface area (Å²) >= 11 is 0. The molecular weight excluding hydrogens is 380 g/mol. The fraction of sp³-hybridized carbons (Fsp3) is 0.304. The summed E-state index contributed by atoms with van der Waals surface area (Å²) in [5.74, 6) is 0.181. The second kappa shape index (κ2) is 8.10. The molecule has 4 rings (SSSR count). The number of aromatic amines is 1. The van der Waals surface area contributed by atoms with Crippen LogP contribution in [0.25, 0.3) is 10.9 Å². The zero-order chi connectivity index (χ0) is 21.3. The Morgan fingerprint density at radius 3 is 2.63 bits per heavy atom. The molecule has 3 aromatic rings. The van der Waals surface area contributed by atoms with E-state index in [1.165, 1.54) is 0 Å². The molecule has 30 heavy (non-hydrogen) atoms. The number of fused-ring (bicyclic) bond motifs is 2. The lowest BCUT2D eigenvalue weighted by atomic mass is 10.0. The summed E-state index contributed by atoms with van der Waals surface area (Å²) in [5.41, 5.74) is 2.23. The predicted octanol–water partition coefficient (Wildman–Crippen LogP) is 2.64. The first-order valence-corrected chi connectivity index (χ1v) is 10.1. The Kier molecular flexibility index (Phi) is 5.35. The lowest BCUT2D eigenvalue weighted by Gasteiger charge is -2.32. The van der Waals surface area contributed by atoms with Crippen molar-refractivity contribution in [1.82, 2.24) is 14.9 Å². The summed E-state index contributed by atoms with van der Waals surface area (Å²) in [6.45, 7) is 3.94. The molecule has 1 aliphatic heterocycles. The first kappa shape index (κ1) is 19.8. The maximum atomic E-state index is 13.2. The molecule has 1 aromatic heterocycles. The van der Waals surface area contributed by atoms with Crippen LogP contribution < -0.4 is 10.5 Å². The molecule has 0 fully saturated rings. The highest BCUT2D eigenvalue weighted by Gasteiger charge is 2.28. The normalized spacial score (nSPS) is 13.6. The van der Waals surface area contributed by atoms with Gasteiger partial charge in [0.15, 0.2) is 0 Å². The predicted molar refractivity (Wildman–Crippen MR) is 115 cm³/mol. The molecular formula is C23H24N4O3. The summed E-state index contributed by atoms with van der Waals surface area (Å²) in [6.07, 6.45) is 1.08. The molecule has 0 saturated carbocycles. The number of benzene rings is 2. The minimum absolute atomic E-state index is 0.0359. The second-order valence-corrected chi connectivity index (χ2v) is 7.75. The Morgan fingerprint density at radius 1 is 1.10 bits per heavy atom. The van der Waals surface area contributed by atoms with Gasteiger partial charge in [0.1, 0.15) is 12.4 Å². The molecule has 7 heteroatoms. The lowest BCUT2D eigenvalue weighted by Crippen LogP contribution is -2.47. The molecule has 0 spiro atoms. The van der Waals surface area contributed by atoms with Crippen LogP contribution in [0.4, 0.5) is 5.69 Å². The lowest BCUT2D eigenvalue weighted by molar-refractivity contribution is -0.133. The fourth-order valence-corrected chi connectivity index (χ4v) is 3.83. The van der Waals surface area contributed by atoms with Crippen LogP contribution in [-0.4, -0.2) is 39.3 Å². The second-order valence-electron chi connectivity index (χ2n) is 7.75. The van der Waals surface area contributed by atoms with Gasteiger partial charge in [-0.2, -0.15) is 0 Å². The van der Waals surface area contributed by atoms with Crippen LogP contribution in [0.15, 0.2) is 53.3 Å². The van der Waals surface area contributed by atoms with E-state index in [2.05, 4.69) is 9.97 Å². The van der Waals surface area contributed by atoms with Crippen molar-refractivity contribution >= 4 is 28.4 Å². The van der Waals surface area contributed by atoms with Crippen LogP contribution in [0.5, 0.6) is 0 Å². The molecule has 2 amide bonds. The van der Waals surface area contributed by atoms with Crippen molar-refractivity contribution in [2.75, 3.05) is 11.4 Å². The molecule has 0 unspecified atom stereocenters. The first-order chi connectivity index (χ1) is 14.4. The molecule has 2 aromatic carbocycles. The number of aromatic nitrogens is 2. The van der Waals surface area contributed by atoms with E-state index in [1.54, 1.807) is 28.0 Å². The van der Waals surface area contributed by atoms with Crippen molar-refractivity contribution in [3.63, 3.8) is 0 Å². The van der Waals surface area contributed by atoms with Crippen molar-refractivity contribution in [1.29, 1.82) is 0 Å². The first-order valence-electron chi connectivity index (χ1n) is 10.1. The molecule has 7 nitrogen and oxygen atoms in total. The number of nitrogens with zero attached hydrogens (tertiary/aromatic N) is 3. The molecule has 0 saturated heterocycles. The number of nitrogens with one attached hydrogen (secondary N) is 1. The summed E-state index contributed by atoms with van der Waals surface area (Å²) < 4.78 is 0. The van der Waals surface area contributed by atoms with Crippen LogP contribution in [0.2, 0.25) is 0 Å². The van der Waals surface area contributed by atoms with Gasteiger partial charge < -0.3 is 14.8 Å². The Morgan fingerprint density at radius 2 is 1.83 bits per heavy atom. The van der Waals surface area contributed by atoms with E-state index in [0.717, 1.165) is 11.3 Å². The Bertz CT molecular complexity index is 1170. The van der Waals surface area contributed by atoms with Crippen molar-refractivity contribution in [2.45, 2.75) is 39.3 Å². The molecule has 1 aliphatic rings. The Hall–Kier alpha value is -3.48. The van der Waals surface area contributed by atoms with Crippen LogP contribution >= 0.6 is 0 Å². The van der Waals surface area contributed by atoms with Crippen molar-refractivity contribution in [2.24, 2.45) is 0 Å². The minimum atomic E-state index is -0.230. The van der Waals surface area contributed by atoms with Gasteiger partial charge in [0.05, 0.1) is 17.4 Å². The van der Waals surface area contributed by atoms with Crippen LogP contribution in [0.1, 0.15) is 31.7 Å². The average Bonchev–Trinajstić information content (AvgIpc) is 2.74. The van der Waals surface area contributed by atoms with E-state index in [9.17, 15) is 14.4 Å². The largest absolute Gasteiger partial charge is 0.331 e. The third-order valence-corrected chi connectivity index (χ3v) is 5.41. The summed E-state index contributed by atoms with van der Waals surface area (Å²) in [5, 5.41) is 0.513. The SMILES string of the molecule is CC(C)N(Cc1nc2ccccc2c(=O)[nH]1)C(=O)CN1C(=O)CCc2ccccc21.